The average Bonchev–Trinajstić information content (AvgIpc) is 3.49. The van der Waals surface area contributed by atoms with Crippen LogP contribution in [0, 0.1) is 0 Å². The summed E-state index contributed by atoms with van der Waals surface area (Å²) < 4.78 is 0. The number of nitrogens with zero attached hydrogens (tertiary/aromatic N) is 4. The first-order valence-electron chi connectivity index (χ1n) is 9.56. The number of carbonyl (C=O) groups excluding carboxylic acids is 2. The van der Waals surface area contributed by atoms with Gasteiger partial charge in [0.2, 0.25) is 0 Å². The highest BCUT2D eigenvalue weighted by atomic mass is 32.1. The second-order valence-corrected chi connectivity index (χ2v) is 8.98. The van der Waals surface area contributed by atoms with E-state index in [4.69, 9.17) is 0 Å². The van der Waals surface area contributed by atoms with Crippen LogP contribution in [0.5, 0.6) is 0 Å². The Hall–Kier alpha value is -2.55. The number of aromatic nitrogens is 1. The molecule has 0 radical (unpaired) electrons. The summed E-state index contributed by atoms with van der Waals surface area (Å²) in [5.74, 6) is -0.436. The molecule has 0 bridgehead atoms. The fraction of sp³-hybridized carbons (Fsp3) is 0.286. The van der Waals surface area contributed by atoms with Gasteiger partial charge in [0.05, 0.1) is 23.4 Å². The van der Waals surface area contributed by atoms with Crippen LogP contribution in [0.1, 0.15) is 31.3 Å². The van der Waals surface area contributed by atoms with Gasteiger partial charge in [0.15, 0.2) is 0 Å². The smallest absolute Gasteiger partial charge is 0.264 e. The van der Waals surface area contributed by atoms with E-state index < -0.39 is 0 Å². The van der Waals surface area contributed by atoms with Crippen LogP contribution in [-0.4, -0.2) is 52.8 Å². The van der Waals surface area contributed by atoms with E-state index in [1.54, 1.807) is 23.6 Å². The van der Waals surface area contributed by atoms with Crippen molar-refractivity contribution < 1.29 is 9.59 Å². The molecule has 6 nitrogen and oxygen atoms in total. The van der Waals surface area contributed by atoms with Crippen molar-refractivity contribution in [2.24, 2.45) is 0 Å². The minimum atomic E-state index is -0.224. The van der Waals surface area contributed by atoms with Crippen molar-refractivity contribution >= 4 is 40.2 Å². The number of anilines is 1. The number of rotatable bonds is 5. The molecule has 0 saturated carbocycles. The zero-order valence-corrected chi connectivity index (χ0v) is 17.4. The number of hydrogen-bond donors (Lipinski definition) is 0. The summed E-state index contributed by atoms with van der Waals surface area (Å²) in [6.07, 6.45) is 1.69. The van der Waals surface area contributed by atoms with Crippen molar-refractivity contribution in [2.45, 2.75) is 13.1 Å². The van der Waals surface area contributed by atoms with Gasteiger partial charge in [-0.3, -0.25) is 19.4 Å². The number of piperazine rings is 1. The molecule has 8 heteroatoms. The number of fused-ring (bicyclic) bond motifs is 1. The van der Waals surface area contributed by atoms with Gasteiger partial charge in [-0.15, -0.1) is 11.3 Å². The van der Waals surface area contributed by atoms with Gasteiger partial charge in [-0.05, 0) is 34.5 Å². The number of benzene rings is 1. The fourth-order valence-corrected chi connectivity index (χ4v) is 5.24. The molecule has 0 unspecified atom stereocenters. The van der Waals surface area contributed by atoms with Crippen molar-refractivity contribution in [3.05, 3.63) is 68.3 Å². The number of thiazole rings is 1. The molecule has 1 saturated heterocycles. The number of hydrogen-bond acceptors (Lipinski definition) is 7. The molecule has 2 amide bonds. The topological polar surface area (TPSA) is 56.8 Å². The molecule has 2 aromatic heterocycles. The largest absolute Gasteiger partial charge is 0.368 e. The summed E-state index contributed by atoms with van der Waals surface area (Å²) in [7, 11) is 0. The molecule has 1 aromatic carbocycles. The average molecular weight is 425 g/mol. The van der Waals surface area contributed by atoms with Gasteiger partial charge >= 0.3 is 0 Å². The molecule has 148 valence electrons. The van der Waals surface area contributed by atoms with Gasteiger partial charge in [-0.2, -0.15) is 11.3 Å². The quantitative estimate of drug-likeness (QED) is 0.588. The van der Waals surface area contributed by atoms with E-state index in [1.807, 2.05) is 17.5 Å². The normalized spacial score (nSPS) is 17.2. The second-order valence-electron chi connectivity index (χ2n) is 7.22. The summed E-state index contributed by atoms with van der Waals surface area (Å²) in [5.41, 5.74) is 3.27. The standard InChI is InChI=1S/C21H20N4O2S2/c26-20-16-2-1-3-17(19(16)21(27)25(20)13-18-22-5-11-29-18)24-8-6-23(7-9-24)12-15-4-10-28-14-15/h1-5,10-11,14H,6-9,12-13H2. The van der Waals surface area contributed by atoms with Crippen molar-refractivity contribution in [1.82, 2.24) is 14.8 Å². The van der Waals surface area contributed by atoms with Gasteiger partial charge in [0.25, 0.3) is 11.8 Å². The number of carbonyl (C=O) groups is 2. The lowest BCUT2D eigenvalue weighted by Crippen LogP contribution is -2.46. The zero-order valence-electron chi connectivity index (χ0n) is 15.8. The number of imide groups is 1. The van der Waals surface area contributed by atoms with Crippen molar-refractivity contribution in [3.63, 3.8) is 0 Å². The maximum atomic E-state index is 13.1. The molecule has 5 rings (SSSR count). The second kappa shape index (κ2) is 7.70. The highest BCUT2D eigenvalue weighted by Crippen LogP contribution is 2.33. The van der Waals surface area contributed by atoms with E-state index in [0.717, 1.165) is 43.4 Å². The summed E-state index contributed by atoms with van der Waals surface area (Å²) >= 11 is 3.18. The zero-order chi connectivity index (χ0) is 19.8. The maximum Gasteiger partial charge on any atom is 0.264 e. The van der Waals surface area contributed by atoms with Crippen LogP contribution >= 0.6 is 22.7 Å². The molecule has 1 fully saturated rings. The Kier molecular flexibility index (Phi) is 4.91. The molecule has 0 aliphatic carbocycles. The van der Waals surface area contributed by atoms with Crippen LogP contribution in [0.15, 0.2) is 46.6 Å². The first kappa shape index (κ1) is 18.5. The number of amides is 2. The lowest BCUT2D eigenvalue weighted by molar-refractivity contribution is 0.0642. The predicted octanol–water partition coefficient (Wildman–Crippen LogP) is 3.32. The van der Waals surface area contributed by atoms with Crippen molar-refractivity contribution in [2.75, 3.05) is 31.1 Å². The predicted molar refractivity (Wildman–Crippen MR) is 115 cm³/mol. The molecule has 0 atom stereocenters. The van der Waals surface area contributed by atoms with Crippen LogP contribution in [0.4, 0.5) is 5.69 Å². The first-order valence-corrected chi connectivity index (χ1v) is 11.4. The fourth-order valence-electron chi connectivity index (χ4n) is 3.98. The van der Waals surface area contributed by atoms with E-state index in [0.29, 0.717) is 11.1 Å². The molecule has 4 heterocycles. The molecular formula is C21H20N4O2S2. The van der Waals surface area contributed by atoms with E-state index in [9.17, 15) is 9.59 Å². The molecule has 3 aromatic rings. The summed E-state index contributed by atoms with van der Waals surface area (Å²) in [5, 5.41) is 6.92. The Morgan fingerprint density at radius 1 is 0.966 bits per heavy atom. The van der Waals surface area contributed by atoms with Crippen LogP contribution in [0.2, 0.25) is 0 Å². The van der Waals surface area contributed by atoms with Gasteiger partial charge in [-0.1, -0.05) is 6.07 Å². The van der Waals surface area contributed by atoms with Crippen LogP contribution < -0.4 is 4.90 Å². The van der Waals surface area contributed by atoms with E-state index in [2.05, 4.69) is 31.6 Å². The molecule has 0 spiro atoms. The third kappa shape index (κ3) is 3.48. The van der Waals surface area contributed by atoms with Gasteiger partial charge in [-0.25, -0.2) is 4.98 Å². The summed E-state index contributed by atoms with van der Waals surface area (Å²) in [6.45, 7) is 4.75. The van der Waals surface area contributed by atoms with E-state index in [1.165, 1.54) is 21.8 Å². The minimum Gasteiger partial charge on any atom is -0.368 e. The maximum absolute atomic E-state index is 13.1. The lowest BCUT2D eigenvalue weighted by atomic mass is 10.1. The molecule has 29 heavy (non-hydrogen) atoms. The highest BCUT2D eigenvalue weighted by Gasteiger charge is 2.39. The van der Waals surface area contributed by atoms with Gasteiger partial charge in [0.1, 0.15) is 5.01 Å². The molecule has 2 aliphatic rings. The molecule has 2 aliphatic heterocycles. The van der Waals surface area contributed by atoms with Gasteiger partial charge < -0.3 is 4.90 Å². The third-order valence-corrected chi connectivity index (χ3v) is 6.95. The van der Waals surface area contributed by atoms with Crippen LogP contribution in [0.25, 0.3) is 0 Å². The Balaban J connectivity index is 1.33. The van der Waals surface area contributed by atoms with Crippen molar-refractivity contribution in [3.8, 4) is 0 Å². The Morgan fingerprint density at radius 2 is 1.83 bits per heavy atom. The summed E-state index contributed by atoms with van der Waals surface area (Å²) in [4.78, 5) is 36.2. The SMILES string of the molecule is O=C1c2cccc(N3CCN(Cc4ccsc4)CC3)c2C(=O)N1Cc1nccs1. The minimum absolute atomic E-state index is 0.212. The first-order chi connectivity index (χ1) is 14.2. The van der Waals surface area contributed by atoms with Gasteiger partial charge in [0, 0.05) is 44.3 Å². The van der Waals surface area contributed by atoms with Crippen LogP contribution in [0.3, 0.4) is 0 Å². The summed E-state index contributed by atoms with van der Waals surface area (Å²) in [6, 6.07) is 7.77. The monoisotopic (exact) mass is 424 g/mol. The molecule has 0 N–H and O–H groups in total. The lowest BCUT2D eigenvalue weighted by Gasteiger charge is -2.36. The number of thiophene rings is 1. The van der Waals surface area contributed by atoms with Crippen LogP contribution in [-0.2, 0) is 13.1 Å². The van der Waals surface area contributed by atoms with E-state index >= 15 is 0 Å². The molecular weight excluding hydrogens is 404 g/mol. The third-order valence-electron chi connectivity index (χ3n) is 5.45. The Labute approximate surface area is 177 Å². The highest BCUT2D eigenvalue weighted by molar-refractivity contribution is 7.09. The van der Waals surface area contributed by atoms with Crippen molar-refractivity contribution in [1.29, 1.82) is 0 Å². The Bertz CT molecular complexity index is 1030. The Morgan fingerprint density at radius 3 is 2.55 bits per heavy atom. The van der Waals surface area contributed by atoms with E-state index in [-0.39, 0.29) is 18.4 Å².